The summed E-state index contributed by atoms with van der Waals surface area (Å²) < 4.78 is 61.4. The molecule has 0 radical (unpaired) electrons. The maximum atomic E-state index is 12.5. The lowest BCUT2D eigenvalue weighted by Gasteiger charge is -2.13. The lowest BCUT2D eigenvalue weighted by Crippen LogP contribution is -2.35. The van der Waals surface area contributed by atoms with Gasteiger partial charge in [-0.3, -0.25) is 14.5 Å². The third kappa shape index (κ3) is 3.81. The summed E-state index contributed by atoms with van der Waals surface area (Å²) in [7, 11) is -5.45. The van der Waals surface area contributed by atoms with Gasteiger partial charge in [-0.25, -0.2) is 13.1 Å². The number of aromatic nitrogens is 1. The summed E-state index contributed by atoms with van der Waals surface area (Å²) in [5.74, 6) is -0.745. The molecule has 4 rings (SSSR count). The first kappa shape index (κ1) is 21.1. The molecule has 0 atom stereocenters. The van der Waals surface area contributed by atoms with Crippen molar-refractivity contribution in [2.24, 2.45) is 0 Å². The van der Waals surface area contributed by atoms with Crippen LogP contribution in [0.5, 0.6) is 0 Å². The predicted molar refractivity (Wildman–Crippen MR) is 106 cm³/mol. The van der Waals surface area contributed by atoms with Crippen molar-refractivity contribution in [1.29, 1.82) is 0 Å². The van der Waals surface area contributed by atoms with Crippen LogP contribution < -0.4 is 4.72 Å². The van der Waals surface area contributed by atoms with Crippen molar-refractivity contribution < 1.29 is 31.2 Å². The van der Waals surface area contributed by atoms with E-state index in [0.29, 0.717) is 34.0 Å². The maximum absolute atomic E-state index is 12.5. The maximum Gasteiger partial charge on any atom is 0.511 e. The van der Waals surface area contributed by atoms with Gasteiger partial charge in [0.1, 0.15) is 0 Å². The van der Waals surface area contributed by atoms with Gasteiger partial charge in [0.2, 0.25) is 0 Å². The second-order valence-electron chi connectivity index (χ2n) is 7.02. The summed E-state index contributed by atoms with van der Waals surface area (Å²) in [6.07, 6.45) is 2.01. The van der Waals surface area contributed by atoms with Crippen molar-refractivity contribution >= 4 is 32.7 Å². The number of nitrogens with one attached hydrogen (secondary N) is 2. The third-order valence-corrected chi connectivity index (χ3v) is 6.22. The van der Waals surface area contributed by atoms with Crippen molar-refractivity contribution in [3.63, 3.8) is 0 Å². The standard InChI is InChI=1S/C20H16F3N3O4S/c21-20(22,23)31(29,30)25-10-12-5-6-17-16(9-12)13(11-24-17)7-8-26-18(27)14-3-1-2-4-15(14)19(26)28/h1-6,9,11,24-25H,7-8,10H2. The molecule has 1 aliphatic heterocycles. The molecule has 0 fully saturated rings. The molecule has 2 aromatic carbocycles. The van der Waals surface area contributed by atoms with Crippen LogP contribution in [0.1, 0.15) is 31.8 Å². The molecule has 0 aliphatic carbocycles. The fourth-order valence-electron chi connectivity index (χ4n) is 3.48. The van der Waals surface area contributed by atoms with Crippen LogP contribution in [-0.2, 0) is 23.0 Å². The molecule has 2 heterocycles. The monoisotopic (exact) mass is 451 g/mol. The molecule has 3 aromatic rings. The van der Waals surface area contributed by atoms with Gasteiger partial charge in [-0.05, 0) is 41.8 Å². The Morgan fingerprint density at radius 3 is 2.26 bits per heavy atom. The van der Waals surface area contributed by atoms with Crippen LogP contribution in [0.25, 0.3) is 10.9 Å². The van der Waals surface area contributed by atoms with E-state index < -0.39 is 22.1 Å². The molecule has 7 nitrogen and oxygen atoms in total. The molecule has 0 saturated carbocycles. The van der Waals surface area contributed by atoms with Gasteiger partial charge in [-0.2, -0.15) is 13.2 Å². The second-order valence-corrected chi connectivity index (χ2v) is 8.78. The number of rotatable bonds is 6. The van der Waals surface area contributed by atoms with Crippen molar-refractivity contribution in [2.75, 3.05) is 6.54 Å². The van der Waals surface area contributed by atoms with E-state index in [1.54, 1.807) is 42.6 Å². The number of carbonyl (C=O) groups is 2. The summed E-state index contributed by atoms with van der Waals surface area (Å²) in [6, 6.07) is 11.3. The Morgan fingerprint density at radius 2 is 1.65 bits per heavy atom. The highest BCUT2D eigenvalue weighted by Gasteiger charge is 2.45. The van der Waals surface area contributed by atoms with Gasteiger partial charge in [-0.1, -0.05) is 18.2 Å². The van der Waals surface area contributed by atoms with E-state index in [9.17, 15) is 31.2 Å². The summed E-state index contributed by atoms with van der Waals surface area (Å²) in [5.41, 5.74) is -2.91. The number of H-pyrrole nitrogens is 1. The van der Waals surface area contributed by atoms with E-state index in [-0.39, 0.29) is 18.4 Å². The van der Waals surface area contributed by atoms with Gasteiger partial charge in [0, 0.05) is 30.2 Å². The largest absolute Gasteiger partial charge is 0.511 e. The number of hydrogen-bond donors (Lipinski definition) is 2. The summed E-state index contributed by atoms with van der Waals surface area (Å²) in [5, 5.41) is 0.667. The van der Waals surface area contributed by atoms with Crippen LogP contribution >= 0.6 is 0 Å². The first-order chi connectivity index (χ1) is 14.6. The molecule has 1 aromatic heterocycles. The molecule has 11 heteroatoms. The van der Waals surface area contributed by atoms with Crippen molar-refractivity contribution in [1.82, 2.24) is 14.6 Å². The van der Waals surface area contributed by atoms with Gasteiger partial charge < -0.3 is 4.98 Å². The minimum absolute atomic E-state index is 0.129. The highest BCUT2D eigenvalue weighted by molar-refractivity contribution is 7.90. The topological polar surface area (TPSA) is 99.3 Å². The van der Waals surface area contributed by atoms with E-state index in [0.717, 1.165) is 10.5 Å². The molecule has 0 saturated heterocycles. The molecule has 0 unspecified atom stereocenters. The summed E-state index contributed by atoms with van der Waals surface area (Å²) >= 11 is 0. The Bertz CT molecular complexity index is 1260. The Hall–Kier alpha value is -3.18. The number of nitrogens with zero attached hydrogens (tertiary/aromatic N) is 1. The second kappa shape index (κ2) is 7.50. The molecule has 1 aliphatic rings. The minimum atomic E-state index is -5.45. The van der Waals surface area contributed by atoms with Crippen molar-refractivity contribution in [3.8, 4) is 0 Å². The number of imide groups is 1. The fraction of sp³-hybridized carbons (Fsp3) is 0.200. The molecular formula is C20H16F3N3O4S. The Morgan fingerprint density at radius 1 is 1.00 bits per heavy atom. The first-order valence-corrected chi connectivity index (χ1v) is 10.7. The Labute approximate surface area is 174 Å². The number of amides is 2. The number of halogens is 3. The summed E-state index contributed by atoms with van der Waals surface area (Å²) in [6.45, 7) is -0.398. The smallest absolute Gasteiger partial charge is 0.361 e. The average molecular weight is 451 g/mol. The normalized spacial score (nSPS) is 14.5. The lowest BCUT2D eigenvalue weighted by molar-refractivity contribution is -0.0448. The molecule has 2 amide bonds. The average Bonchev–Trinajstić information content (AvgIpc) is 3.23. The van der Waals surface area contributed by atoms with Crippen LogP contribution in [0, 0.1) is 0 Å². The minimum Gasteiger partial charge on any atom is -0.361 e. The van der Waals surface area contributed by atoms with Crippen LogP contribution in [0.2, 0.25) is 0 Å². The molecule has 2 N–H and O–H groups in total. The molecule has 0 spiro atoms. The number of benzene rings is 2. The molecule has 0 bridgehead atoms. The highest BCUT2D eigenvalue weighted by atomic mass is 32.2. The van der Waals surface area contributed by atoms with E-state index in [1.807, 2.05) is 0 Å². The number of fused-ring (bicyclic) bond motifs is 2. The zero-order chi connectivity index (χ0) is 22.4. The van der Waals surface area contributed by atoms with E-state index in [4.69, 9.17) is 0 Å². The fourth-order valence-corrected chi connectivity index (χ4v) is 4.00. The van der Waals surface area contributed by atoms with Crippen molar-refractivity contribution in [2.45, 2.75) is 18.5 Å². The van der Waals surface area contributed by atoms with Gasteiger partial charge in [0.15, 0.2) is 0 Å². The van der Waals surface area contributed by atoms with Crippen molar-refractivity contribution in [3.05, 3.63) is 70.9 Å². The van der Waals surface area contributed by atoms with Gasteiger partial charge in [0.25, 0.3) is 11.8 Å². The van der Waals surface area contributed by atoms with E-state index >= 15 is 0 Å². The zero-order valence-electron chi connectivity index (χ0n) is 15.9. The highest BCUT2D eigenvalue weighted by Crippen LogP contribution is 2.26. The first-order valence-electron chi connectivity index (χ1n) is 9.18. The van der Waals surface area contributed by atoms with Crippen LogP contribution in [0.15, 0.2) is 48.7 Å². The van der Waals surface area contributed by atoms with Crippen LogP contribution in [-0.4, -0.2) is 42.2 Å². The number of aromatic amines is 1. The van der Waals surface area contributed by atoms with Gasteiger partial charge in [0.05, 0.1) is 11.1 Å². The molecule has 31 heavy (non-hydrogen) atoms. The third-order valence-electron chi connectivity index (χ3n) is 5.09. The zero-order valence-corrected chi connectivity index (χ0v) is 16.7. The van der Waals surface area contributed by atoms with Gasteiger partial charge in [-0.15, -0.1) is 0 Å². The van der Waals surface area contributed by atoms with E-state index in [1.165, 1.54) is 10.8 Å². The van der Waals surface area contributed by atoms with Crippen LogP contribution in [0.4, 0.5) is 13.2 Å². The molecular weight excluding hydrogens is 435 g/mol. The number of alkyl halides is 3. The van der Waals surface area contributed by atoms with Crippen LogP contribution in [0.3, 0.4) is 0 Å². The predicted octanol–water partition coefficient (Wildman–Crippen LogP) is 2.95. The quantitative estimate of drug-likeness (QED) is 0.563. The Kier molecular flexibility index (Phi) is 5.10. The SMILES string of the molecule is O=C1c2ccccc2C(=O)N1CCc1c[nH]c2ccc(CNS(=O)(=O)C(F)(F)F)cc12. The Balaban J connectivity index is 1.50. The number of sulfonamides is 1. The van der Waals surface area contributed by atoms with Gasteiger partial charge >= 0.3 is 15.5 Å². The lowest BCUT2D eigenvalue weighted by atomic mass is 10.1. The summed E-state index contributed by atoms with van der Waals surface area (Å²) in [4.78, 5) is 29.1. The molecule has 162 valence electrons. The number of carbonyl (C=O) groups excluding carboxylic acids is 2. The number of hydrogen-bond acceptors (Lipinski definition) is 4. The van der Waals surface area contributed by atoms with E-state index in [2.05, 4.69) is 4.98 Å².